The highest BCUT2D eigenvalue weighted by Gasteiger charge is 2.29. The van der Waals surface area contributed by atoms with Crippen LogP contribution in [0.5, 0.6) is 5.75 Å². The number of allylic oxidation sites excluding steroid dienone is 1. The van der Waals surface area contributed by atoms with Gasteiger partial charge in [0, 0.05) is 12.5 Å². The summed E-state index contributed by atoms with van der Waals surface area (Å²) in [5.41, 5.74) is 2.58. The van der Waals surface area contributed by atoms with Crippen LogP contribution in [-0.4, -0.2) is 18.7 Å². The molecule has 0 saturated heterocycles. The van der Waals surface area contributed by atoms with Crippen LogP contribution < -0.4 is 10.1 Å². The van der Waals surface area contributed by atoms with Crippen molar-refractivity contribution in [3.63, 3.8) is 0 Å². The van der Waals surface area contributed by atoms with E-state index in [1.54, 1.807) is 0 Å². The fourth-order valence-corrected chi connectivity index (χ4v) is 2.52. The SMILES string of the molecule is C=C(C)CCC(NCC)C1Cc2ccccc2O1. The Bertz CT molecular complexity index is 388. The summed E-state index contributed by atoms with van der Waals surface area (Å²) in [7, 11) is 0. The monoisotopic (exact) mass is 245 g/mol. The first-order valence-corrected chi connectivity index (χ1v) is 6.83. The Labute approximate surface area is 110 Å². The van der Waals surface area contributed by atoms with Gasteiger partial charge in [-0.15, -0.1) is 6.58 Å². The summed E-state index contributed by atoms with van der Waals surface area (Å²) in [5.74, 6) is 1.06. The normalized spacial score (nSPS) is 19.1. The van der Waals surface area contributed by atoms with Crippen molar-refractivity contribution >= 4 is 0 Å². The van der Waals surface area contributed by atoms with Crippen LogP contribution in [0, 0.1) is 0 Å². The zero-order valence-electron chi connectivity index (χ0n) is 11.4. The molecular weight excluding hydrogens is 222 g/mol. The number of para-hydroxylation sites is 1. The number of nitrogens with one attached hydrogen (secondary N) is 1. The number of benzene rings is 1. The van der Waals surface area contributed by atoms with Gasteiger partial charge in [0.05, 0.1) is 0 Å². The molecule has 2 heteroatoms. The molecule has 0 fully saturated rings. The Morgan fingerprint density at radius 3 is 2.94 bits per heavy atom. The Morgan fingerprint density at radius 1 is 1.50 bits per heavy atom. The van der Waals surface area contributed by atoms with Crippen LogP contribution in [0.1, 0.15) is 32.3 Å². The van der Waals surface area contributed by atoms with E-state index in [9.17, 15) is 0 Å². The molecule has 0 spiro atoms. The smallest absolute Gasteiger partial charge is 0.123 e. The van der Waals surface area contributed by atoms with Crippen LogP contribution in [0.3, 0.4) is 0 Å². The number of hydrogen-bond acceptors (Lipinski definition) is 2. The van der Waals surface area contributed by atoms with Crippen molar-refractivity contribution in [3.8, 4) is 5.75 Å². The van der Waals surface area contributed by atoms with Gasteiger partial charge in [0.1, 0.15) is 11.9 Å². The summed E-state index contributed by atoms with van der Waals surface area (Å²) in [5, 5.41) is 3.55. The summed E-state index contributed by atoms with van der Waals surface area (Å²) >= 11 is 0. The lowest BCUT2D eigenvalue weighted by Gasteiger charge is -2.24. The zero-order chi connectivity index (χ0) is 13.0. The van der Waals surface area contributed by atoms with Crippen molar-refractivity contribution in [2.24, 2.45) is 0 Å². The lowest BCUT2D eigenvalue weighted by Crippen LogP contribution is -2.42. The molecule has 0 saturated carbocycles. The molecule has 2 atom stereocenters. The minimum Gasteiger partial charge on any atom is -0.488 e. The molecule has 0 bridgehead atoms. The molecule has 0 radical (unpaired) electrons. The predicted octanol–water partition coefficient (Wildman–Crippen LogP) is 3.32. The molecule has 1 aliphatic rings. The molecular formula is C16H23NO. The van der Waals surface area contributed by atoms with Crippen LogP contribution in [0.4, 0.5) is 0 Å². The van der Waals surface area contributed by atoms with Gasteiger partial charge in [-0.05, 0) is 37.9 Å². The summed E-state index contributed by atoms with van der Waals surface area (Å²) in [4.78, 5) is 0. The quantitative estimate of drug-likeness (QED) is 0.776. The van der Waals surface area contributed by atoms with E-state index in [2.05, 4.69) is 43.9 Å². The van der Waals surface area contributed by atoms with Crippen molar-refractivity contribution in [3.05, 3.63) is 42.0 Å². The van der Waals surface area contributed by atoms with E-state index >= 15 is 0 Å². The third-order valence-corrected chi connectivity index (χ3v) is 3.47. The molecule has 2 rings (SSSR count). The van der Waals surface area contributed by atoms with Crippen LogP contribution >= 0.6 is 0 Å². The Morgan fingerprint density at radius 2 is 2.28 bits per heavy atom. The first-order valence-electron chi connectivity index (χ1n) is 6.83. The molecule has 0 amide bonds. The minimum absolute atomic E-state index is 0.265. The van der Waals surface area contributed by atoms with Gasteiger partial charge in [0.2, 0.25) is 0 Å². The highest BCUT2D eigenvalue weighted by molar-refractivity contribution is 5.37. The third-order valence-electron chi connectivity index (χ3n) is 3.47. The number of likely N-dealkylation sites (N-methyl/N-ethyl adjacent to an activating group) is 1. The maximum atomic E-state index is 6.06. The van der Waals surface area contributed by atoms with E-state index in [0.29, 0.717) is 6.04 Å². The van der Waals surface area contributed by atoms with Crippen LogP contribution in [0.2, 0.25) is 0 Å². The van der Waals surface area contributed by atoms with Gasteiger partial charge in [0.25, 0.3) is 0 Å². The van der Waals surface area contributed by atoms with Crippen LogP contribution in [-0.2, 0) is 6.42 Å². The Balaban J connectivity index is 1.99. The van der Waals surface area contributed by atoms with Crippen molar-refractivity contribution in [1.29, 1.82) is 0 Å². The summed E-state index contributed by atoms with van der Waals surface area (Å²) < 4.78 is 6.06. The minimum atomic E-state index is 0.265. The van der Waals surface area contributed by atoms with Gasteiger partial charge in [0.15, 0.2) is 0 Å². The molecule has 98 valence electrons. The standard InChI is InChI=1S/C16H23NO/c1-4-17-14(10-9-12(2)3)16-11-13-7-5-6-8-15(13)18-16/h5-8,14,16-17H,2,4,9-11H2,1,3H3. The first-order chi connectivity index (χ1) is 8.70. The lowest BCUT2D eigenvalue weighted by atomic mass is 9.99. The fraction of sp³-hybridized carbons (Fsp3) is 0.500. The van der Waals surface area contributed by atoms with E-state index < -0.39 is 0 Å². The van der Waals surface area contributed by atoms with Crippen LogP contribution in [0.15, 0.2) is 36.4 Å². The van der Waals surface area contributed by atoms with Crippen LogP contribution in [0.25, 0.3) is 0 Å². The molecule has 2 unspecified atom stereocenters. The summed E-state index contributed by atoms with van der Waals surface area (Å²) in [6.07, 6.45) is 3.45. The highest BCUT2D eigenvalue weighted by atomic mass is 16.5. The number of ether oxygens (including phenoxy) is 1. The molecule has 1 aromatic carbocycles. The average Bonchev–Trinajstić information content (AvgIpc) is 2.77. The third kappa shape index (κ3) is 3.14. The van der Waals surface area contributed by atoms with Crippen molar-refractivity contribution in [2.45, 2.75) is 45.3 Å². The molecule has 1 aromatic rings. The maximum Gasteiger partial charge on any atom is 0.123 e. The van der Waals surface area contributed by atoms with Gasteiger partial charge < -0.3 is 10.1 Å². The van der Waals surface area contributed by atoms with E-state index in [1.807, 2.05) is 6.07 Å². The van der Waals surface area contributed by atoms with E-state index in [-0.39, 0.29) is 6.10 Å². The fourth-order valence-electron chi connectivity index (χ4n) is 2.52. The molecule has 0 aromatic heterocycles. The molecule has 1 N–H and O–H groups in total. The van der Waals surface area contributed by atoms with Gasteiger partial charge in [-0.2, -0.15) is 0 Å². The van der Waals surface area contributed by atoms with Gasteiger partial charge in [-0.3, -0.25) is 0 Å². The van der Waals surface area contributed by atoms with Gasteiger partial charge in [-0.1, -0.05) is 30.7 Å². The average molecular weight is 245 g/mol. The van der Waals surface area contributed by atoms with Crippen molar-refractivity contribution in [2.75, 3.05) is 6.54 Å². The molecule has 1 aliphatic heterocycles. The molecule has 1 heterocycles. The van der Waals surface area contributed by atoms with Gasteiger partial charge >= 0.3 is 0 Å². The molecule has 2 nitrogen and oxygen atoms in total. The highest BCUT2D eigenvalue weighted by Crippen LogP contribution is 2.30. The second-order valence-corrected chi connectivity index (χ2v) is 5.13. The maximum absolute atomic E-state index is 6.06. The topological polar surface area (TPSA) is 21.3 Å². The Kier molecular flexibility index (Phi) is 4.43. The number of hydrogen-bond donors (Lipinski definition) is 1. The van der Waals surface area contributed by atoms with Crippen molar-refractivity contribution < 1.29 is 4.74 Å². The molecule has 18 heavy (non-hydrogen) atoms. The van der Waals surface area contributed by atoms with Crippen molar-refractivity contribution in [1.82, 2.24) is 5.32 Å². The van der Waals surface area contributed by atoms with Gasteiger partial charge in [-0.25, -0.2) is 0 Å². The van der Waals surface area contributed by atoms with E-state index in [4.69, 9.17) is 4.74 Å². The van der Waals surface area contributed by atoms with E-state index in [1.165, 1.54) is 11.1 Å². The largest absolute Gasteiger partial charge is 0.488 e. The zero-order valence-corrected chi connectivity index (χ0v) is 11.4. The lowest BCUT2D eigenvalue weighted by molar-refractivity contribution is 0.173. The second kappa shape index (κ2) is 6.05. The summed E-state index contributed by atoms with van der Waals surface area (Å²) in [6, 6.07) is 8.77. The first kappa shape index (κ1) is 13.2. The summed E-state index contributed by atoms with van der Waals surface area (Å²) in [6.45, 7) is 9.21. The van der Waals surface area contributed by atoms with E-state index in [0.717, 1.165) is 31.6 Å². The predicted molar refractivity (Wildman–Crippen MR) is 76.1 cm³/mol. The Hall–Kier alpha value is -1.28. The second-order valence-electron chi connectivity index (χ2n) is 5.13. The number of rotatable bonds is 6. The molecule has 0 aliphatic carbocycles. The number of fused-ring (bicyclic) bond motifs is 1.